The van der Waals surface area contributed by atoms with Gasteiger partial charge in [0.15, 0.2) is 36.6 Å². The van der Waals surface area contributed by atoms with E-state index in [9.17, 15) is 59.2 Å². The Morgan fingerprint density at radius 1 is 0.813 bits per heavy atom. The number of hydrogen-bond donors (Lipinski definition) is 8. The number of aryl methyl sites for hydroxylation is 1. The molecule has 0 spiro atoms. The Bertz CT molecular complexity index is 2330. The number of benzene rings is 2. The van der Waals surface area contributed by atoms with Gasteiger partial charge in [-0.25, -0.2) is 18.3 Å². The third-order valence-corrected chi connectivity index (χ3v) is 15.0. The number of ether oxygens (including phenoxy) is 8. The summed E-state index contributed by atoms with van der Waals surface area (Å²) in [5.74, 6) is -4.28. The van der Waals surface area contributed by atoms with Crippen LogP contribution in [0.1, 0.15) is 81.3 Å². The Labute approximate surface area is 431 Å². The van der Waals surface area contributed by atoms with Crippen molar-refractivity contribution in [3.8, 4) is 11.3 Å². The number of esters is 1. The normalized spacial score (nSPS) is 36.7. The van der Waals surface area contributed by atoms with Gasteiger partial charge in [0.2, 0.25) is 0 Å². The van der Waals surface area contributed by atoms with Crippen LogP contribution in [0.4, 0.5) is 8.78 Å². The van der Waals surface area contributed by atoms with Crippen LogP contribution in [0.2, 0.25) is 0 Å². The molecule has 4 aliphatic heterocycles. The van der Waals surface area contributed by atoms with Gasteiger partial charge in [0.25, 0.3) is 5.91 Å². The van der Waals surface area contributed by atoms with E-state index in [4.69, 9.17) is 37.9 Å². The quantitative estimate of drug-likeness (QED) is 0.0765. The molecule has 5 heterocycles. The van der Waals surface area contributed by atoms with E-state index in [1.165, 1.54) is 38.2 Å². The van der Waals surface area contributed by atoms with Crippen LogP contribution in [0.5, 0.6) is 0 Å². The second-order valence-corrected chi connectivity index (χ2v) is 20.2. The minimum atomic E-state index is -1.72. The highest BCUT2D eigenvalue weighted by molar-refractivity contribution is 5.89. The lowest BCUT2D eigenvalue weighted by molar-refractivity contribution is -0.351. The lowest BCUT2D eigenvalue weighted by Gasteiger charge is -2.49. The van der Waals surface area contributed by atoms with E-state index in [1.54, 1.807) is 23.1 Å². The third kappa shape index (κ3) is 12.4. The minimum Gasteiger partial charge on any atom is -0.450 e. The van der Waals surface area contributed by atoms with Gasteiger partial charge >= 0.3 is 5.97 Å². The van der Waals surface area contributed by atoms with Crippen LogP contribution in [0.3, 0.4) is 0 Å². The summed E-state index contributed by atoms with van der Waals surface area (Å²) in [6, 6.07) is 8.96. The molecule has 1 aromatic heterocycles. The van der Waals surface area contributed by atoms with Crippen molar-refractivity contribution in [2.45, 2.75) is 177 Å². The fourth-order valence-corrected chi connectivity index (χ4v) is 10.6. The Morgan fingerprint density at radius 3 is 2.17 bits per heavy atom. The number of hydrogen-bond acceptors (Lipinski definition) is 20. The predicted octanol–water partition coefficient (Wildman–Crippen LogP) is 0.652. The Hall–Kier alpha value is -4.22. The first kappa shape index (κ1) is 57.0. The zero-order valence-corrected chi connectivity index (χ0v) is 42.1. The predicted molar refractivity (Wildman–Crippen MR) is 254 cm³/mol. The molecule has 9 unspecified atom stereocenters. The number of aliphatic hydroxyl groups is 8. The van der Waals surface area contributed by atoms with Gasteiger partial charge in [-0.15, -0.1) is 5.10 Å². The lowest BCUT2D eigenvalue weighted by atomic mass is 9.76. The molecule has 1 saturated carbocycles. The molecule has 0 radical (unpaired) electrons. The van der Waals surface area contributed by atoms with Gasteiger partial charge in [-0.1, -0.05) is 50.1 Å². The maximum Gasteiger partial charge on any atom is 0.338 e. The van der Waals surface area contributed by atoms with Crippen LogP contribution in [0, 0.1) is 30.4 Å². The summed E-state index contributed by atoms with van der Waals surface area (Å²) in [7, 11) is 0. The van der Waals surface area contributed by atoms with Crippen molar-refractivity contribution in [2.75, 3.05) is 32.9 Å². The Kier molecular flexibility index (Phi) is 19.0. The summed E-state index contributed by atoms with van der Waals surface area (Å²) < 4.78 is 80.1. The Balaban J connectivity index is 1.09. The first-order valence-electron chi connectivity index (χ1n) is 25.7. The summed E-state index contributed by atoms with van der Waals surface area (Å²) in [6.07, 6.45) is -20.7. The van der Waals surface area contributed by atoms with Crippen LogP contribution in [-0.4, -0.2) is 210 Å². The van der Waals surface area contributed by atoms with Gasteiger partial charge in [-0.05, 0) is 81.2 Å². The van der Waals surface area contributed by atoms with Crippen LogP contribution in [0.25, 0.3) is 11.3 Å². The number of nitrogens with zero attached hydrogens (tertiary/aromatic N) is 4. The Morgan fingerprint density at radius 2 is 1.52 bits per heavy atom. The molecule has 0 bridgehead atoms. The molecule has 1 aliphatic carbocycles. The smallest absolute Gasteiger partial charge is 0.338 e. The van der Waals surface area contributed by atoms with Gasteiger partial charge < -0.3 is 83.6 Å². The van der Waals surface area contributed by atoms with E-state index >= 15 is 0 Å². The van der Waals surface area contributed by atoms with Crippen molar-refractivity contribution in [3.63, 3.8) is 0 Å². The van der Waals surface area contributed by atoms with Crippen LogP contribution >= 0.6 is 0 Å². The topological polar surface area (TPSA) is 304 Å². The molecule has 416 valence electrons. The van der Waals surface area contributed by atoms with Gasteiger partial charge in [-0.2, -0.15) is 0 Å². The number of halogens is 2. The van der Waals surface area contributed by atoms with E-state index in [0.29, 0.717) is 32.4 Å². The first-order valence-corrected chi connectivity index (χ1v) is 25.7. The maximum absolute atomic E-state index is 14.4. The molecular formula is C51H70F2N4O18. The molecule has 5 aliphatic rings. The molecule has 2 aromatic carbocycles. The number of rotatable bonds is 19. The van der Waals surface area contributed by atoms with Crippen molar-refractivity contribution in [1.29, 1.82) is 0 Å². The highest BCUT2D eigenvalue weighted by atomic mass is 19.2. The molecular weight excluding hydrogens is 995 g/mol. The number of amides is 1. The van der Waals surface area contributed by atoms with Crippen LogP contribution < -0.4 is 0 Å². The zero-order valence-electron chi connectivity index (χ0n) is 42.1. The molecule has 22 nitrogen and oxygen atoms in total. The van der Waals surface area contributed by atoms with Crippen LogP contribution in [0.15, 0.2) is 48.7 Å². The highest BCUT2D eigenvalue weighted by Gasteiger charge is 2.54. The molecule has 5 fully saturated rings. The van der Waals surface area contributed by atoms with Crippen molar-refractivity contribution in [2.24, 2.45) is 11.8 Å². The average molecular weight is 1070 g/mol. The van der Waals surface area contributed by atoms with E-state index in [-0.39, 0.29) is 47.7 Å². The number of aromatic nitrogens is 3. The zero-order chi connectivity index (χ0) is 53.8. The molecule has 8 rings (SSSR count). The molecule has 24 heteroatoms. The number of carbonyl (C=O) groups is 2. The number of aliphatic hydroxyl groups excluding tert-OH is 8. The van der Waals surface area contributed by atoms with Crippen LogP contribution in [-0.2, 0) is 42.7 Å². The van der Waals surface area contributed by atoms with Gasteiger partial charge in [0, 0.05) is 18.7 Å². The fraction of sp³-hybridized carbons (Fsp3) is 0.686. The van der Waals surface area contributed by atoms with E-state index in [1.807, 2.05) is 13.8 Å². The summed E-state index contributed by atoms with van der Waals surface area (Å²) >= 11 is 0. The standard InChI is InChI=1S/C51H70F2N4O18/c1-5-11-32(47(66)56-14-10-15-56)70-45-40(62)35(22-59)73-51(46(45)74-48(67)28-12-8-7-9-13-28)71-33-18-26(17-27(6-2)44(33)75-50-43(65)42(64)38(60)25(4)69-50)23-68-49-41(63)37(39(61)34(21-58)72-49)57-20-31(54-55-57)29-16-24(3)36(53)30(52)19-29/h7-9,12-13,16,19-20,25-27,32-35,37-46,49-51,58-65H,5-6,10-11,14-15,17-18,21-23H2,1-4H3/t25?,26?,27?,32-,33+,34?,35-,37?,38+,39+,40-,41?,42-,43?,44+,45?,46?,49-,50-,51+/m0/s1. The lowest BCUT2D eigenvalue weighted by Crippen LogP contribution is -2.64. The minimum absolute atomic E-state index is 0.0151. The summed E-state index contributed by atoms with van der Waals surface area (Å²) in [5, 5.41) is 96.6. The van der Waals surface area contributed by atoms with E-state index in [2.05, 4.69) is 10.3 Å². The van der Waals surface area contributed by atoms with E-state index in [0.717, 1.165) is 17.2 Å². The second kappa shape index (κ2) is 25.1. The van der Waals surface area contributed by atoms with E-state index < -0.39 is 153 Å². The molecule has 4 saturated heterocycles. The first-order chi connectivity index (χ1) is 36.0. The highest BCUT2D eigenvalue weighted by Crippen LogP contribution is 2.41. The molecule has 20 atom stereocenters. The summed E-state index contributed by atoms with van der Waals surface area (Å²) in [5.41, 5.74) is 0.420. The van der Waals surface area contributed by atoms with Crippen molar-refractivity contribution >= 4 is 11.9 Å². The second-order valence-electron chi connectivity index (χ2n) is 20.2. The van der Waals surface area contributed by atoms with Gasteiger partial charge in [0.1, 0.15) is 72.8 Å². The SMILES string of the molecule is CCC[C@H](OC1C(OC(=O)c2ccccc2)[C@H](O[C@@H]2CC(CO[C@H]3OC(CO)[C@@H](O)C(n4cc(-c5cc(C)c(F)c(F)c5)nn4)C3O)CC(CC)[C@H]2O[C@@H]2OC(C)[C@@H](O)[C@H](O)C2O)O[C@@H](CO)[C@@H]1O)C(=O)N1CCC1. The fourth-order valence-electron chi connectivity index (χ4n) is 10.6. The molecule has 75 heavy (non-hydrogen) atoms. The van der Waals surface area contributed by atoms with Crippen molar-refractivity contribution in [1.82, 2.24) is 19.9 Å². The monoisotopic (exact) mass is 1060 g/mol. The number of carbonyl (C=O) groups excluding carboxylic acids is 2. The summed E-state index contributed by atoms with van der Waals surface area (Å²) in [4.78, 5) is 29.4. The molecule has 1 amide bonds. The van der Waals surface area contributed by atoms with Crippen molar-refractivity contribution < 1.29 is 97.1 Å². The maximum atomic E-state index is 14.4. The molecule has 8 N–H and O–H groups in total. The van der Waals surface area contributed by atoms with Gasteiger partial charge in [0.05, 0.1) is 49.9 Å². The van der Waals surface area contributed by atoms with Gasteiger partial charge in [-0.3, -0.25) is 4.79 Å². The third-order valence-electron chi connectivity index (χ3n) is 15.0. The molecule has 3 aromatic rings. The largest absolute Gasteiger partial charge is 0.450 e. The summed E-state index contributed by atoms with van der Waals surface area (Å²) in [6.45, 7) is 6.00. The van der Waals surface area contributed by atoms with Crippen molar-refractivity contribution in [3.05, 3.63) is 71.4 Å². The average Bonchev–Trinajstić information content (AvgIpc) is 3.87. The number of likely N-dealkylation sites (tertiary alicyclic amines) is 1.